The van der Waals surface area contributed by atoms with Gasteiger partial charge in [-0.2, -0.15) is 0 Å². The lowest BCUT2D eigenvalue weighted by Gasteiger charge is -2.19. The fraction of sp³-hybridized carbons (Fsp3) is 0.571. The number of allylic oxidation sites excluding steroid dienone is 1. The summed E-state index contributed by atoms with van der Waals surface area (Å²) in [6.45, 7) is 4.25. The number of hydrogen-bond acceptors (Lipinski definition) is 2. The molecule has 1 aliphatic heterocycles. The normalized spacial score (nSPS) is 20.3. The second-order valence-electron chi connectivity index (χ2n) is 7.17. The van der Waals surface area contributed by atoms with Gasteiger partial charge in [-0.25, -0.2) is 0 Å². The Bertz CT molecular complexity index is 585. The lowest BCUT2D eigenvalue weighted by Crippen LogP contribution is -2.40. The molecule has 1 unspecified atom stereocenters. The molecular formula is C21H33IN4. The smallest absolute Gasteiger partial charge is 0.190 e. The molecule has 4 nitrogen and oxygen atoms in total. The number of halogens is 1. The highest BCUT2D eigenvalue weighted by Gasteiger charge is 2.22. The van der Waals surface area contributed by atoms with Crippen LogP contribution in [-0.4, -0.2) is 39.2 Å². The van der Waals surface area contributed by atoms with Gasteiger partial charge in [0.25, 0.3) is 0 Å². The van der Waals surface area contributed by atoms with Crippen molar-refractivity contribution in [3.05, 3.63) is 42.0 Å². The van der Waals surface area contributed by atoms with Crippen molar-refractivity contribution in [3.8, 4) is 0 Å². The number of guanidine groups is 1. The van der Waals surface area contributed by atoms with Crippen LogP contribution >= 0.6 is 24.0 Å². The third kappa shape index (κ3) is 6.49. The first-order chi connectivity index (χ1) is 12.3. The van der Waals surface area contributed by atoms with Crippen LogP contribution in [0.25, 0.3) is 0 Å². The van der Waals surface area contributed by atoms with Gasteiger partial charge in [0.1, 0.15) is 0 Å². The van der Waals surface area contributed by atoms with Crippen molar-refractivity contribution >= 4 is 35.6 Å². The van der Waals surface area contributed by atoms with Crippen molar-refractivity contribution in [1.29, 1.82) is 0 Å². The first-order valence-corrected chi connectivity index (χ1v) is 9.77. The van der Waals surface area contributed by atoms with Crippen molar-refractivity contribution in [3.63, 3.8) is 0 Å². The maximum Gasteiger partial charge on any atom is 0.190 e. The topological polar surface area (TPSA) is 39.7 Å². The summed E-state index contributed by atoms with van der Waals surface area (Å²) in [6, 6.07) is 10.7. The number of nitrogens with zero attached hydrogens (tertiary/aromatic N) is 2. The Kier molecular flexibility index (Phi) is 9.29. The molecule has 2 aliphatic rings. The maximum atomic E-state index is 4.37. The van der Waals surface area contributed by atoms with E-state index in [0.29, 0.717) is 5.92 Å². The first-order valence-electron chi connectivity index (χ1n) is 9.77. The van der Waals surface area contributed by atoms with Gasteiger partial charge in [0.05, 0.1) is 0 Å². The van der Waals surface area contributed by atoms with E-state index in [1.54, 1.807) is 5.57 Å². The number of anilines is 1. The van der Waals surface area contributed by atoms with Crippen LogP contribution in [-0.2, 0) is 0 Å². The summed E-state index contributed by atoms with van der Waals surface area (Å²) in [5.74, 6) is 1.62. The van der Waals surface area contributed by atoms with Gasteiger partial charge in [0, 0.05) is 38.9 Å². The molecule has 0 bridgehead atoms. The molecular weight excluding hydrogens is 435 g/mol. The van der Waals surface area contributed by atoms with Crippen LogP contribution in [0.1, 0.15) is 38.5 Å². The molecule has 0 spiro atoms. The van der Waals surface area contributed by atoms with Crippen LogP contribution in [0.5, 0.6) is 0 Å². The van der Waals surface area contributed by atoms with Crippen LogP contribution in [0.3, 0.4) is 0 Å². The van der Waals surface area contributed by atoms with Crippen LogP contribution in [0.4, 0.5) is 5.69 Å². The second-order valence-corrected chi connectivity index (χ2v) is 7.17. The Morgan fingerprint density at radius 2 is 2.04 bits per heavy atom. The minimum atomic E-state index is 0. The Hall–Kier alpha value is -1.24. The zero-order valence-electron chi connectivity index (χ0n) is 15.9. The molecule has 1 heterocycles. The van der Waals surface area contributed by atoms with E-state index in [0.717, 1.165) is 38.6 Å². The number of hydrogen-bond donors (Lipinski definition) is 2. The van der Waals surface area contributed by atoms with E-state index in [9.17, 15) is 0 Å². The van der Waals surface area contributed by atoms with Gasteiger partial charge in [-0.15, -0.1) is 24.0 Å². The zero-order chi connectivity index (χ0) is 17.3. The summed E-state index contributed by atoms with van der Waals surface area (Å²) in [4.78, 5) is 6.85. The lowest BCUT2D eigenvalue weighted by atomic mass is 9.97. The van der Waals surface area contributed by atoms with Gasteiger partial charge in [0.2, 0.25) is 0 Å². The molecule has 1 aliphatic carbocycles. The van der Waals surface area contributed by atoms with E-state index in [-0.39, 0.29) is 24.0 Å². The van der Waals surface area contributed by atoms with Gasteiger partial charge >= 0.3 is 0 Å². The molecule has 1 fully saturated rings. The SMILES string of the molecule is CN=C(NCCC1=CCCCC1)NCC1CCN(c2ccccc2)C1.I. The lowest BCUT2D eigenvalue weighted by molar-refractivity contribution is 0.565. The Morgan fingerprint density at radius 1 is 1.19 bits per heavy atom. The van der Waals surface area contributed by atoms with Crippen molar-refractivity contribution in [2.24, 2.45) is 10.9 Å². The monoisotopic (exact) mass is 468 g/mol. The predicted octanol–water partition coefficient (Wildman–Crippen LogP) is 4.19. The van der Waals surface area contributed by atoms with Gasteiger partial charge in [-0.1, -0.05) is 29.8 Å². The van der Waals surface area contributed by atoms with E-state index in [2.05, 4.69) is 56.9 Å². The van der Waals surface area contributed by atoms with Crippen LogP contribution in [0.2, 0.25) is 0 Å². The number of rotatable bonds is 6. The van der Waals surface area contributed by atoms with E-state index in [4.69, 9.17) is 0 Å². The highest BCUT2D eigenvalue weighted by atomic mass is 127. The second kappa shape index (κ2) is 11.5. The van der Waals surface area contributed by atoms with Crippen molar-refractivity contribution in [1.82, 2.24) is 10.6 Å². The highest BCUT2D eigenvalue weighted by molar-refractivity contribution is 14.0. The summed E-state index contributed by atoms with van der Waals surface area (Å²) in [5.41, 5.74) is 2.96. The quantitative estimate of drug-likeness (QED) is 0.285. The number of para-hydroxylation sites is 1. The summed E-state index contributed by atoms with van der Waals surface area (Å²) in [6.07, 6.45) is 10.1. The summed E-state index contributed by atoms with van der Waals surface area (Å²) < 4.78 is 0. The Balaban J connectivity index is 0.00000243. The van der Waals surface area contributed by atoms with E-state index in [1.807, 2.05) is 7.05 Å². The summed E-state index contributed by atoms with van der Waals surface area (Å²) in [7, 11) is 1.86. The van der Waals surface area contributed by atoms with Gasteiger partial charge in [-0.3, -0.25) is 4.99 Å². The van der Waals surface area contributed by atoms with Crippen molar-refractivity contribution < 1.29 is 0 Å². The minimum absolute atomic E-state index is 0. The Morgan fingerprint density at radius 3 is 2.77 bits per heavy atom. The van der Waals surface area contributed by atoms with Crippen molar-refractivity contribution in [2.45, 2.75) is 38.5 Å². The average molecular weight is 468 g/mol. The molecule has 0 amide bonds. The largest absolute Gasteiger partial charge is 0.371 e. The average Bonchev–Trinajstić information content (AvgIpc) is 3.15. The van der Waals surface area contributed by atoms with Gasteiger partial charge < -0.3 is 15.5 Å². The fourth-order valence-corrected chi connectivity index (χ4v) is 3.81. The van der Waals surface area contributed by atoms with E-state index >= 15 is 0 Å². The Labute approximate surface area is 175 Å². The summed E-state index contributed by atoms with van der Waals surface area (Å²) >= 11 is 0. The standard InChI is InChI=1S/C21H32N4.HI/c1-22-21(23-14-12-18-8-4-2-5-9-18)24-16-19-13-15-25(17-19)20-10-6-3-7-11-20;/h3,6-8,10-11,19H,2,4-5,9,12-17H2,1H3,(H2,22,23,24);1H. The number of aliphatic imine (C=N–C) groups is 1. The predicted molar refractivity (Wildman–Crippen MR) is 123 cm³/mol. The van der Waals surface area contributed by atoms with Crippen LogP contribution in [0.15, 0.2) is 47.0 Å². The van der Waals surface area contributed by atoms with Crippen molar-refractivity contribution in [2.75, 3.05) is 38.1 Å². The molecule has 26 heavy (non-hydrogen) atoms. The molecule has 3 rings (SSSR count). The first kappa shape index (κ1) is 21.1. The molecule has 1 atom stereocenters. The highest BCUT2D eigenvalue weighted by Crippen LogP contribution is 2.23. The van der Waals surface area contributed by atoms with Crippen LogP contribution in [0, 0.1) is 5.92 Å². The summed E-state index contributed by atoms with van der Waals surface area (Å²) in [5, 5.41) is 6.98. The molecule has 0 aromatic heterocycles. The van der Waals surface area contributed by atoms with E-state index in [1.165, 1.54) is 37.8 Å². The number of benzene rings is 1. The van der Waals surface area contributed by atoms with Crippen LogP contribution < -0.4 is 15.5 Å². The maximum absolute atomic E-state index is 4.37. The molecule has 1 saturated heterocycles. The molecule has 0 saturated carbocycles. The molecule has 0 radical (unpaired) electrons. The molecule has 144 valence electrons. The third-order valence-corrected chi connectivity index (χ3v) is 5.31. The third-order valence-electron chi connectivity index (χ3n) is 5.31. The molecule has 1 aromatic carbocycles. The molecule has 1 aromatic rings. The number of nitrogens with one attached hydrogen (secondary N) is 2. The fourth-order valence-electron chi connectivity index (χ4n) is 3.81. The minimum Gasteiger partial charge on any atom is -0.371 e. The molecule has 2 N–H and O–H groups in total. The zero-order valence-corrected chi connectivity index (χ0v) is 18.2. The molecule has 5 heteroatoms. The van der Waals surface area contributed by atoms with E-state index < -0.39 is 0 Å². The van der Waals surface area contributed by atoms with Gasteiger partial charge in [0.15, 0.2) is 5.96 Å². The van der Waals surface area contributed by atoms with Gasteiger partial charge in [-0.05, 0) is 56.6 Å².